The van der Waals surface area contributed by atoms with Crippen LogP contribution in [0.25, 0.3) is 6.08 Å². The van der Waals surface area contributed by atoms with Crippen LogP contribution in [0.15, 0.2) is 24.3 Å². The third-order valence-corrected chi connectivity index (χ3v) is 2.52. The van der Waals surface area contributed by atoms with Gasteiger partial charge in [0.2, 0.25) is 0 Å². The number of anilines is 2. The molecule has 4 heteroatoms. The van der Waals surface area contributed by atoms with Crippen molar-refractivity contribution in [2.45, 2.75) is 6.92 Å². The molecule has 4 nitrogen and oxygen atoms in total. The first kappa shape index (κ1) is 13.5. The minimum Gasteiger partial charge on any atom is -0.398 e. The molecule has 0 bridgehead atoms. The highest BCUT2D eigenvalue weighted by molar-refractivity contribution is 5.69. The predicted octanol–water partition coefficient (Wildman–Crippen LogP) is 1.09. The number of aliphatic hydroxyl groups excluding tert-OH is 2. The monoisotopic (exact) mass is 236 g/mol. The van der Waals surface area contributed by atoms with Crippen molar-refractivity contribution < 1.29 is 10.2 Å². The van der Waals surface area contributed by atoms with Crippen LogP contribution in [-0.2, 0) is 0 Å². The smallest absolute Gasteiger partial charge is 0.0606 e. The van der Waals surface area contributed by atoms with Gasteiger partial charge in [-0.15, -0.1) is 0 Å². The molecule has 0 heterocycles. The van der Waals surface area contributed by atoms with Crippen LogP contribution in [0.3, 0.4) is 0 Å². The maximum atomic E-state index is 8.99. The lowest BCUT2D eigenvalue weighted by Gasteiger charge is -2.23. The van der Waals surface area contributed by atoms with Crippen molar-refractivity contribution in [1.82, 2.24) is 0 Å². The van der Waals surface area contributed by atoms with Gasteiger partial charge in [0.15, 0.2) is 0 Å². The summed E-state index contributed by atoms with van der Waals surface area (Å²) in [5, 5.41) is 18.0. The van der Waals surface area contributed by atoms with Crippen LogP contribution in [0, 0.1) is 0 Å². The third kappa shape index (κ3) is 3.76. The summed E-state index contributed by atoms with van der Waals surface area (Å²) in [6.07, 6.45) is 3.87. The Bertz CT molecular complexity index is 372. The number of hydrogen-bond donors (Lipinski definition) is 3. The Kier molecular flexibility index (Phi) is 5.52. The summed E-state index contributed by atoms with van der Waals surface area (Å²) in [6, 6.07) is 5.70. The van der Waals surface area contributed by atoms with E-state index in [0.717, 1.165) is 16.9 Å². The first-order valence-electron chi connectivity index (χ1n) is 5.71. The molecule has 0 aromatic heterocycles. The Morgan fingerprint density at radius 3 is 2.41 bits per heavy atom. The second-order valence-electron chi connectivity index (χ2n) is 3.75. The van der Waals surface area contributed by atoms with Gasteiger partial charge in [0.25, 0.3) is 0 Å². The average molecular weight is 236 g/mol. The highest BCUT2D eigenvalue weighted by Crippen LogP contribution is 2.22. The van der Waals surface area contributed by atoms with Gasteiger partial charge >= 0.3 is 0 Å². The Morgan fingerprint density at radius 2 is 1.88 bits per heavy atom. The van der Waals surface area contributed by atoms with Gasteiger partial charge in [-0.25, -0.2) is 0 Å². The zero-order valence-corrected chi connectivity index (χ0v) is 10.1. The molecule has 0 saturated carbocycles. The highest BCUT2D eigenvalue weighted by atomic mass is 16.3. The molecule has 94 valence electrons. The fourth-order valence-electron chi connectivity index (χ4n) is 1.69. The lowest BCUT2D eigenvalue weighted by molar-refractivity contribution is 0.281. The van der Waals surface area contributed by atoms with E-state index in [1.165, 1.54) is 0 Å². The number of rotatable bonds is 6. The lowest BCUT2D eigenvalue weighted by Crippen LogP contribution is -2.29. The Morgan fingerprint density at radius 1 is 1.24 bits per heavy atom. The van der Waals surface area contributed by atoms with Crippen molar-refractivity contribution >= 4 is 17.5 Å². The third-order valence-electron chi connectivity index (χ3n) is 2.52. The normalized spacial score (nSPS) is 11.0. The summed E-state index contributed by atoms with van der Waals surface area (Å²) < 4.78 is 0. The molecular formula is C13H20N2O2. The SMILES string of the molecule is CC=Cc1cc(N(CCO)CCO)ccc1N. The molecule has 1 aromatic carbocycles. The Hall–Kier alpha value is -1.52. The van der Waals surface area contributed by atoms with E-state index in [1.807, 2.05) is 42.2 Å². The second kappa shape index (κ2) is 6.93. The number of benzene rings is 1. The van der Waals surface area contributed by atoms with Crippen molar-refractivity contribution in [1.29, 1.82) is 0 Å². The molecule has 4 N–H and O–H groups in total. The molecule has 17 heavy (non-hydrogen) atoms. The summed E-state index contributed by atoms with van der Waals surface area (Å²) >= 11 is 0. The Balaban J connectivity index is 2.98. The van der Waals surface area contributed by atoms with E-state index in [4.69, 9.17) is 15.9 Å². The molecular weight excluding hydrogens is 216 g/mol. The van der Waals surface area contributed by atoms with Crippen LogP contribution in [0.1, 0.15) is 12.5 Å². The molecule has 1 rings (SSSR count). The van der Waals surface area contributed by atoms with E-state index in [1.54, 1.807) is 0 Å². The fraction of sp³-hybridized carbons (Fsp3) is 0.385. The maximum absolute atomic E-state index is 8.99. The van der Waals surface area contributed by atoms with Gasteiger partial charge < -0.3 is 20.8 Å². The van der Waals surface area contributed by atoms with Crippen LogP contribution in [0.5, 0.6) is 0 Å². The summed E-state index contributed by atoms with van der Waals surface area (Å²) in [5.74, 6) is 0. The molecule has 0 atom stereocenters. The first-order chi connectivity index (χ1) is 8.22. The molecule has 0 unspecified atom stereocenters. The number of aliphatic hydroxyl groups is 2. The van der Waals surface area contributed by atoms with Crippen molar-refractivity contribution in [3.8, 4) is 0 Å². The zero-order valence-electron chi connectivity index (χ0n) is 10.1. The lowest BCUT2D eigenvalue weighted by atomic mass is 10.1. The summed E-state index contributed by atoms with van der Waals surface area (Å²) in [6.45, 7) is 3.05. The summed E-state index contributed by atoms with van der Waals surface area (Å²) in [7, 11) is 0. The molecule has 0 radical (unpaired) electrons. The van der Waals surface area contributed by atoms with Crippen LogP contribution in [0.4, 0.5) is 11.4 Å². The topological polar surface area (TPSA) is 69.7 Å². The average Bonchev–Trinajstić information content (AvgIpc) is 2.32. The van der Waals surface area contributed by atoms with Gasteiger partial charge in [-0.3, -0.25) is 0 Å². The molecule has 0 aliphatic carbocycles. The zero-order chi connectivity index (χ0) is 12.7. The number of nitrogens with two attached hydrogens (primary N) is 1. The van der Waals surface area contributed by atoms with Crippen molar-refractivity contribution in [3.63, 3.8) is 0 Å². The van der Waals surface area contributed by atoms with Crippen LogP contribution in [-0.4, -0.2) is 36.5 Å². The predicted molar refractivity (Wildman–Crippen MR) is 71.9 cm³/mol. The quantitative estimate of drug-likeness (QED) is 0.647. The standard InChI is InChI=1S/C13H20N2O2/c1-2-3-11-10-12(4-5-13(11)14)15(6-8-16)7-9-17/h2-5,10,16-17H,6-9,14H2,1H3. The van der Waals surface area contributed by atoms with E-state index in [2.05, 4.69) is 0 Å². The molecule has 0 aliphatic heterocycles. The number of allylic oxidation sites excluding steroid dienone is 1. The molecule has 0 aliphatic rings. The number of hydrogen-bond acceptors (Lipinski definition) is 4. The van der Waals surface area contributed by atoms with E-state index < -0.39 is 0 Å². The Labute approximate surface area is 102 Å². The van der Waals surface area contributed by atoms with Crippen LogP contribution < -0.4 is 10.6 Å². The van der Waals surface area contributed by atoms with Gasteiger partial charge in [0, 0.05) is 24.5 Å². The van der Waals surface area contributed by atoms with Crippen LogP contribution >= 0.6 is 0 Å². The van der Waals surface area contributed by atoms with Gasteiger partial charge in [0.1, 0.15) is 0 Å². The first-order valence-corrected chi connectivity index (χ1v) is 5.71. The fourth-order valence-corrected chi connectivity index (χ4v) is 1.69. The molecule has 0 saturated heterocycles. The maximum Gasteiger partial charge on any atom is 0.0606 e. The van der Waals surface area contributed by atoms with Crippen LogP contribution in [0.2, 0.25) is 0 Å². The van der Waals surface area contributed by atoms with Gasteiger partial charge in [-0.1, -0.05) is 12.2 Å². The number of nitrogen functional groups attached to an aromatic ring is 1. The molecule has 0 spiro atoms. The van der Waals surface area contributed by atoms with Crippen molar-refractivity contribution in [2.24, 2.45) is 0 Å². The van der Waals surface area contributed by atoms with Gasteiger partial charge in [0.05, 0.1) is 13.2 Å². The minimum absolute atomic E-state index is 0.0589. The van der Waals surface area contributed by atoms with Crippen molar-refractivity contribution in [2.75, 3.05) is 36.9 Å². The highest BCUT2D eigenvalue weighted by Gasteiger charge is 2.06. The minimum atomic E-state index is 0.0589. The van der Waals surface area contributed by atoms with E-state index in [0.29, 0.717) is 13.1 Å². The second-order valence-corrected chi connectivity index (χ2v) is 3.75. The summed E-state index contributed by atoms with van der Waals surface area (Å²) in [4.78, 5) is 1.92. The van der Waals surface area contributed by atoms with Crippen molar-refractivity contribution in [3.05, 3.63) is 29.8 Å². The molecule has 0 amide bonds. The molecule has 1 aromatic rings. The van der Waals surface area contributed by atoms with Gasteiger partial charge in [-0.2, -0.15) is 0 Å². The number of nitrogens with zero attached hydrogens (tertiary/aromatic N) is 1. The van der Waals surface area contributed by atoms with E-state index in [9.17, 15) is 0 Å². The van der Waals surface area contributed by atoms with E-state index >= 15 is 0 Å². The largest absolute Gasteiger partial charge is 0.398 e. The molecule has 0 fully saturated rings. The van der Waals surface area contributed by atoms with Gasteiger partial charge in [-0.05, 0) is 30.7 Å². The van der Waals surface area contributed by atoms with E-state index in [-0.39, 0.29) is 13.2 Å². The summed E-state index contributed by atoms with van der Waals surface area (Å²) in [5.41, 5.74) is 8.48.